The van der Waals surface area contributed by atoms with Gasteiger partial charge in [-0.3, -0.25) is 9.59 Å². The monoisotopic (exact) mass is 573 g/mol. The van der Waals surface area contributed by atoms with Crippen LogP contribution in [0.3, 0.4) is 0 Å². The number of ether oxygens (including phenoxy) is 1. The van der Waals surface area contributed by atoms with Gasteiger partial charge < -0.3 is 35.8 Å². The molecular weight excluding hydrogens is 534 g/mol. The first-order valence-electron chi connectivity index (χ1n) is 14.3. The van der Waals surface area contributed by atoms with Crippen LogP contribution in [0.1, 0.15) is 36.2 Å². The van der Waals surface area contributed by atoms with Gasteiger partial charge in [-0.15, -0.1) is 10.2 Å². The molecule has 0 radical (unpaired) electrons. The van der Waals surface area contributed by atoms with Crippen LogP contribution >= 0.6 is 0 Å². The van der Waals surface area contributed by atoms with Crippen LogP contribution in [0.2, 0.25) is 0 Å². The lowest BCUT2D eigenvalue weighted by Gasteiger charge is -2.34. The van der Waals surface area contributed by atoms with Crippen molar-refractivity contribution in [2.45, 2.75) is 31.7 Å². The molecule has 0 spiro atoms. The summed E-state index contributed by atoms with van der Waals surface area (Å²) >= 11 is 0. The fraction of sp³-hybridized carbons (Fsp3) is 0.433. The smallest absolute Gasteiger partial charge is 0.273 e. The molecule has 222 valence electrons. The number of nitrogens with zero attached hydrogens (tertiary/aromatic N) is 6. The van der Waals surface area contributed by atoms with E-state index in [9.17, 15) is 9.59 Å². The number of primary amides is 1. The Balaban J connectivity index is 1.25. The van der Waals surface area contributed by atoms with Crippen molar-refractivity contribution < 1.29 is 14.3 Å². The van der Waals surface area contributed by atoms with E-state index in [-0.39, 0.29) is 29.4 Å². The number of piperidine rings is 2. The number of carbonyl (C=O) groups is 2. The number of nitrogens with two attached hydrogens (primary N) is 1. The Kier molecular flexibility index (Phi) is 8.89. The first kappa shape index (κ1) is 28.9. The molecule has 2 aliphatic rings. The van der Waals surface area contributed by atoms with E-state index in [1.807, 2.05) is 62.6 Å². The molecule has 4 N–H and O–H groups in total. The van der Waals surface area contributed by atoms with Crippen molar-refractivity contribution in [3.63, 3.8) is 0 Å². The van der Waals surface area contributed by atoms with Gasteiger partial charge in [-0.25, -0.2) is 0 Å². The Morgan fingerprint density at radius 3 is 2.26 bits per heavy atom. The number of hydrogen-bond donors (Lipinski definition) is 3. The van der Waals surface area contributed by atoms with Gasteiger partial charge in [0.05, 0.1) is 7.11 Å². The summed E-state index contributed by atoms with van der Waals surface area (Å²) < 4.78 is 5.25. The Morgan fingerprint density at radius 2 is 1.62 bits per heavy atom. The highest BCUT2D eigenvalue weighted by molar-refractivity contribution is 5.96. The summed E-state index contributed by atoms with van der Waals surface area (Å²) in [6, 6.07) is 16.0. The zero-order valence-corrected chi connectivity index (χ0v) is 24.4. The number of amides is 2. The summed E-state index contributed by atoms with van der Waals surface area (Å²) in [6.07, 6.45) is 3.64. The molecule has 2 saturated heterocycles. The van der Waals surface area contributed by atoms with Crippen LogP contribution in [0.5, 0.6) is 5.75 Å². The zero-order chi connectivity index (χ0) is 29.6. The van der Waals surface area contributed by atoms with Gasteiger partial charge in [0.1, 0.15) is 5.75 Å². The first-order valence-corrected chi connectivity index (χ1v) is 14.3. The lowest BCUT2D eigenvalue weighted by atomic mass is 9.95. The van der Waals surface area contributed by atoms with Gasteiger partial charge in [0.15, 0.2) is 11.5 Å². The van der Waals surface area contributed by atoms with Gasteiger partial charge in [-0.1, -0.05) is 0 Å². The second kappa shape index (κ2) is 12.9. The summed E-state index contributed by atoms with van der Waals surface area (Å²) in [7, 11) is 5.27. The number of nitrogens with one attached hydrogen (secondary N) is 2. The van der Waals surface area contributed by atoms with E-state index in [1.54, 1.807) is 12.0 Å². The van der Waals surface area contributed by atoms with Gasteiger partial charge in [0.25, 0.3) is 5.91 Å². The molecule has 0 saturated carbocycles. The molecular formula is C30H39N9O3. The molecule has 1 atom stereocenters. The third-order valence-corrected chi connectivity index (χ3v) is 7.85. The fourth-order valence-electron chi connectivity index (χ4n) is 5.55. The summed E-state index contributed by atoms with van der Waals surface area (Å²) in [5.74, 6) is 1.10. The van der Waals surface area contributed by atoms with E-state index in [0.29, 0.717) is 12.5 Å². The number of rotatable bonds is 9. The molecule has 1 aromatic heterocycles. The zero-order valence-electron chi connectivity index (χ0n) is 24.4. The Hall–Kier alpha value is -4.61. The molecule has 0 aliphatic carbocycles. The number of carbonyl (C=O) groups excluding carboxylic acids is 2. The van der Waals surface area contributed by atoms with E-state index in [1.165, 1.54) is 0 Å². The Morgan fingerprint density at radius 1 is 0.929 bits per heavy atom. The lowest BCUT2D eigenvalue weighted by Crippen LogP contribution is -2.43. The predicted octanol–water partition coefficient (Wildman–Crippen LogP) is 3.11. The summed E-state index contributed by atoms with van der Waals surface area (Å²) in [4.78, 5) is 35.2. The van der Waals surface area contributed by atoms with Crippen molar-refractivity contribution in [3.8, 4) is 5.75 Å². The van der Waals surface area contributed by atoms with E-state index in [2.05, 4.69) is 35.6 Å². The molecule has 2 aliphatic heterocycles. The topological polar surface area (TPSA) is 142 Å². The van der Waals surface area contributed by atoms with Gasteiger partial charge in [0, 0.05) is 69.3 Å². The number of methoxy groups -OCH3 is 1. The van der Waals surface area contributed by atoms with Crippen LogP contribution in [-0.2, 0) is 4.79 Å². The number of anilines is 5. The van der Waals surface area contributed by atoms with Gasteiger partial charge in [-0.2, -0.15) is 4.98 Å². The maximum atomic E-state index is 12.3. The quantitative estimate of drug-likeness (QED) is 0.350. The van der Waals surface area contributed by atoms with Crippen LogP contribution in [0.15, 0.2) is 48.5 Å². The summed E-state index contributed by atoms with van der Waals surface area (Å²) in [5.41, 5.74) is 8.45. The van der Waals surface area contributed by atoms with Crippen LogP contribution in [0.25, 0.3) is 0 Å². The maximum Gasteiger partial charge on any atom is 0.273 e. The van der Waals surface area contributed by atoms with Crippen molar-refractivity contribution in [2.24, 2.45) is 11.7 Å². The van der Waals surface area contributed by atoms with Crippen LogP contribution in [0, 0.1) is 5.92 Å². The molecule has 3 aromatic rings. The highest BCUT2D eigenvalue weighted by Gasteiger charge is 2.27. The highest BCUT2D eigenvalue weighted by Crippen LogP contribution is 2.28. The van der Waals surface area contributed by atoms with Crippen LogP contribution < -0.4 is 30.9 Å². The number of benzene rings is 2. The van der Waals surface area contributed by atoms with E-state index < -0.39 is 5.91 Å². The summed E-state index contributed by atoms with van der Waals surface area (Å²) in [5, 5.41) is 15.2. The molecule has 12 nitrogen and oxygen atoms in total. The van der Waals surface area contributed by atoms with Crippen molar-refractivity contribution in [2.75, 3.05) is 67.8 Å². The molecule has 2 amide bonds. The number of hydrogen-bond acceptors (Lipinski definition) is 10. The standard InChI is InChI=1S/C30H39N9O3/c1-37(2)29(41)20-14-17-38(18-15-20)24-10-6-22(7-11-24)33-28-26(27(31)40)35-36-30(34-28)39-16-4-5-23(19-39)32-21-8-12-25(42-3)13-9-21/h6-13,20,23,32H,4-5,14-19H2,1-3H3,(H2,31,40)(H,33,34,36)/t23-/m1/s1. The number of aromatic nitrogens is 3. The molecule has 5 rings (SSSR count). The highest BCUT2D eigenvalue weighted by atomic mass is 16.5. The van der Waals surface area contributed by atoms with Crippen molar-refractivity contribution in [1.82, 2.24) is 20.1 Å². The fourth-order valence-corrected chi connectivity index (χ4v) is 5.55. The SMILES string of the molecule is COc1ccc(N[C@@H]2CCCN(c3nnc(C(N)=O)c(Nc4ccc(N5CCC(C(=O)N(C)C)CC5)cc4)n3)C2)cc1. The molecule has 0 unspecified atom stereocenters. The molecule has 0 bridgehead atoms. The predicted molar refractivity (Wildman–Crippen MR) is 164 cm³/mol. The Labute approximate surface area is 246 Å². The Bertz CT molecular complexity index is 1370. The van der Waals surface area contributed by atoms with Crippen molar-refractivity contribution in [3.05, 3.63) is 54.2 Å². The van der Waals surface area contributed by atoms with Crippen molar-refractivity contribution in [1.29, 1.82) is 0 Å². The second-order valence-corrected chi connectivity index (χ2v) is 11.0. The van der Waals surface area contributed by atoms with E-state index in [0.717, 1.165) is 68.1 Å². The van der Waals surface area contributed by atoms with Gasteiger partial charge in [-0.05, 0) is 74.2 Å². The molecule has 3 heterocycles. The normalized spacial score (nSPS) is 17.5. The van der Waals surface area contributed by atoms with Crippen LogP contribution in [-0.4, -0.2) is 85.3 Å². The third kappa shape index (κ3) is 6.81. The largest absolute Gasteiger partial charge is 0.497 e. The summed E-state index contributed by atoms with van der Waals surface area (Å²) in [6.45, 7) is 3.12. The van der Waals surface area contributed by atoms with E-state index in [4.69, 9.17) is 10.5 Å². The molecule has 2 aromatic carbocycles. The minimum Gasteiger partial charge on any atom is -0.497 e. The van der Waals surface area contributed by atoms with Crippen LogP contribution in [0.4, 0.5) is 28.8 Å². The van der Waals surface area contributed by atoms with Gasteiger partial charge in [0.2, 0.25) is 11.9 Å². The average molecular weight is 574 g/mol. The van der Waals surface area contributed by atoms with E-state index >= 15 is 0 Å². The first-order chi connectivity index (χ1) is 20.3. The average Bonchev–Trinajstić information content (AvgIpc) is 3.01. The second-order valence-electron chi connectivity index (χ2n) is 11.0. The molecule has 2 fully saturated rings. The van der Waals surface area contributed by atoms with Crippen molar-refractivity contribution >= 4 is 40.6 Å². The molecule has 12 heteroatoms. The van der Waals surface area contributed by atoms with Gasteiger partial charge >= 0.3 is 0 Å². The minimum atomic E-state index is -0.700. The minimum absolute atomic E-state index is 0.0135. The third-order valence-electron chi connectivity index (χ3n) is 7.85. The lowest BCUT2D eigenvalue weighted by molar-refractivity contribution is -0.133. The molecule has 42 heavy (non-hydrogen) atoms. The maximum absolute atomic E-state index is 12.3.